The summed E-state index contributed by atoms with van der Waals surface area (Å²) in [5.74, 6) is 0.943. The van der Waals surface area contributed by atoms with E-state index in [0.717, 1.165) is 42.4 Å². The van der Waals surface area contributed by atoms with E-state index in [4.69, 9.17) is 4.98 Å². The van der Waals surface area contributed by atoms with E-state index in [1.807, 2.05) is 29.9 Å². The largest absolute Gasteiger partial charge is 0.385 e. The van der Waals surface area contributed by atoms with Gasteiger partial charge < -0.3 is 14.6 Å². The Morgan fingerprint density at radius 2 is 2.22 bits per heavy atom. The zero-order valence-corrected chi connectivity index (χ0v) is 13.9. The molecule has 0 spiro atoms. The number of fused-ring (bicyclic) bond motifs is 1. The number of para-hydroxylation sites is 1. The number of piperidine rings is 1. The molecule has 1 fully saturated rings. The summed E-state index contributed by atoms with van der Waals surface area (Å²) in [6.45, 7) is 1.83. The van der Waals surface area contributed by atoms with E-state index in [2.05, 4.69) is 22.0 Å². The molecule has 120 valence electrons. The maximum atomic E-state index is 10.7. The lowest BCUT2D eigenvalue weighted by Gasteiger charge is -2.34. The van der Waals surface area contributed by atoms with Crippen molar-refractivity contribution in [2.45, 2.75) is 18.9 Å². The first kappa shape index (κ1) is 14.7. The van der Waals surface area contributed by atoms with Crippen molar-refractivity contribution in [3.63, 3.8) is 0 Å². The molecule has 1 aliphatic heterocycles. The van der Waals surface area contributed by atoms with Gasteiger partial charge in [-0.3, -0.25) is 0 Å². The van der Waals surface area contributed by atoms with Crippen molar-refractivity contribution < 1.29 is 5.11 Å². The Morgan fingerprint density at radius 1 is 1.35 bits per heavy atom. The van der Waals surface area contributed by atoms with E-state index in [9.17, 15) is 5.11 Å². The molecule has 1 N–H and O–H groups in total. The number of aliphatic hydroxyl groups excluding tert-OH is 1. The standard InChI is InChI=1S/C17H20N4OS/c1-20-10-8-18-16(20)15(22)12-5-4-9-21(11-12)17-19-13-6-2-3-7-14(13)23-17/h2-3,6-8,10,12,15,22H,4-5,9,11H2,1H3/t12-,15-/m0/s1. The Labute approximate surface area is 139 Å². The molecule has 23 heavy (non-hydrogen) atoms. The van der Waals surface area contributed by atoms with Gasteiger partial charge in [-0.05, 0) is 25.0 Å². The predicted molar refractivity (Wildman–Crippen MR) is 92.7 cm³/mol. The number of aliphatic hydroxyl groups is 1. The molecule has 0 saturated carbocycles. The lowest BCUT2D eigenvalue weighted by Crippen LogP contribution is -2.38. The summed E-state index contributed by atoms with van der Waals surface area (Å²) in [6.07, 6.45) is 5.20. The molecule has 1 aliphatic rings. The highest BCUT2D eigenvalue weighted by Gasteiger charge is 2.30. The lowest BCUT2D eigenvalue weighted by molar-refractivity contribution is 0.0875. The molecule has 3 aromatic rings. The highest BCUT2D eigenvalue weighted by molar-refractivity contribution is 7.22. The maximum Gasteiger partial charge on any atom is 0.186 e. The van der Waals surface area contributed by atoms with Crippen LogP contribution in [0.4, 0.5) is 5.13 Å². The van der Waals surface area contributed by atoms with Crippen molar-refractivity contribution in [3.8, 4) is 0 Å². The van der Waals surface area contributed by atoms with Crippen molar-refractivity contribution in [1.82, 2.24) is 14.5 Å². The second-order valence-electron chi connectivity index (χ2n) is 6.15. The fourth-order valence-corrected chi connectivity index (χ4v) is 4.31. The average Bonchev–Trinajstić information content (AvgIpc) is 3.20. The number of imidazole rings is 1. The molecule has 2 aromatic heterocycles. The van der Waals surface area contributed by atoms with E-state index in [-0.39, 0.29) is 5.92 Å². The van der Waals surface area contributed by atoms with E-state index >= 15 is 0 Å². The summed E-state index contributed by atoms with van der Waals surface area (Å²) >= 11 is 1.73. The number of anilines is 1. The van der Waals surface area contributed by atoms with Gasteiger partial charge in [0.05, 0.1) is 10.2 Å². The molecular formula is C17H20N4OS. The van der Waals surface area contributed by atoms with Crippen LogP contribution in [0.1, 0.15) is 24.8 Å². The van der Waals surface area contributed by atoms with E-state index in [0.29, 0.717) is 0 Å². The maximum absolute atomic E-state index is 10.7. The van der Waals surface area contributed by atoms with Crippen molar-refractivity contribution in [3.05, 3.63) is 42.5 Å². The monoisotopic (exact) mass is 328 g/mol. The molecule has 2 atom stereocenters. The number of hydrogen-bond acceptors (Lipinski definition) is 5. The van der Waals surface area contributed by atoms with Crippen LogP contribution in [0.2, 0.25) is 0 Å². The van der Waals surface area contributed by atoms with Crippen LogP contribution in [0.5, 0.6) is 0 Å². The summed E-state index contributed by atoms with van der Waals surface area (Å²) in [7, 11) is 1.93. The first-order valence-electron chi connectivity index (χ1n) is 7.98. The van der Waals surface area contributed by atoms with Gasteiger partial charge in [0.2, 0.25) is 0 Å². The molecule has 6 heteroatoms. The van der Waals surface area contributed by atoms with Crippen LogP contribution in [0.3, 0.4) is 0 Å². The SMILES string of the molecule is Cn1ccnc1[C@@H](O)[C@H]1CCCN(c2nc3ccccc3s2)C1. The summed E-state index contributed by atoms with van der Waals surface area (Å²) in [4.78, 5) is 11.4. The van der Waals surface area contributed by atoms with Gasteiger partial charge in [-0.25, -0.2) is 9.97 Å². The van der Waals surface area contributed by atoms with Gasteiger partial charge in [0.15, 0.2) is 5.13 Å². The minimum atomic E-state index is -0.521. The van der Waals surface area contributed by atoms with Crippen molar-refractivity contribution in [2.24, 2.45) is 13.0 Å². The number of nitrogens with zero attached hydrogens (tertiary/aromatic N) is 4. The van der Waals surface area contributed by atoms with Crippen LogP contribution in [-0.4, -0.2) is 32.7 Å². The molecule has 0 aliphatic carbocycles. The fraction of sp³-hybridized carbons (Fsp3) is 0.412. The van der Waals surface area contributed by atoms with Crippen LogP contribution in [0, 0.1) is 5.92 Å². The topological polar surface area (TPSA) is 54.2 Å². The lowest BCUT2D eigenvalue weighted by atomic mass is 9.92. The molecule has 0 amide bonds. The van der Waals surface area contributed by atoms with E-state index < -0.39 is 6.10 Å². The molecule has 3 heterocycles. The number of benzene rings is 1. The van der Waals surface area contributed by atoms with Crippen LogP contribution in [-0.2, 0) is 7.05 Å². The predicted octanol–water partition coefficient (Wildman–Crippen LogP) is 2.98. The number of hydrogen-bond donors (Lipinski definition) is 1. The quantitative estimate of drug-likeness (QED) is 0.803. The third-order valence-electron chi connectivity index (χ3n) is 4.58. The summed E-state index contributed by atoms with van der Waals surface area (Å²) in [5, 5.41) is 11.8. The van der Waals surface area contributed by atoms with Gasteiger partial charge in [-0.15, -0.1) is 0 Å². The average molecular weight is 328 g/mol. The highest BCUT2D eigenvalue weighted by Crippen LogP contribution is 2.34. The Hall–Kier alpha value is -1.92. The van der Waals surface area contributed by atoms with Crippen LogP contribution < -0.4 is 4.90 Å². The Balaban J connectivity index is 1.56. The molecule has 0 bridgehead atoms. The number of aromatic nitrogens is 3. The molecule has 1 aromatic carbocycles. The smallest absolute Gasteiger partial charge is 0.186 e. The molecule has 5 nitrogen and oxygen atoms in total. The molecule has 0 unspecified atom stereocenters. The van der Waals surface area contributed by atoms with Gasteiger partial charge in [-0.2, -0.15) is 0 Å². The molecule has 4 rings (SSSR count). The molecule has 1 saturated heterocycles. The van der Waals surface area contributed by atoms with Gasteiger partial charge >= 0.3 is 0 Å². The van der Waals surface area contributed by atoms with Crippen molar-refractivity contribution in [2.75, 3.05) is 18.0 Å². The van der Waals surface area contributed by atoms with Gasteiger partial charge in [-0.1, -0.05) is 23.5 Å². The van der Waals surface area contributed by atoms with Crippen molar-refractivity contribution >= 4 is 26.7 Å². The Morgan fingerprint density at radius 3 is 3.00 bits per heavy atom. The highest BCUT2D eigenvalue weighted by atomic mass is 32.1. The third-order valence-corrected chi connectivity index (χ3v) is 5.68. The second kappa shape index (κ2) is 5.94. The number of thiazole rings is 1. The van der Waals surface area contributed by atoms with Crippen LogP contribution in [0.25, 0.3) is 10.2 Å². The minimum Gasteiger partial charge on any atom is -0.385 e. The zero-order chi connectivity index (χ0) is 15.8. The summed E-state index contributed by atoms with van der Waals surface area (Å²) in [5.41, 5.74) is 1.05. The van der Waals surface area contributed by atoms with E-state index in [1.165, 1.54) is 4.70 Å². The van der Waals surface area contributed by atoms with Crippen LogP contribution in [0.15, 0.2) is 36.7 Å². The first-order chi connectivity index (χ1) is 11.2. The number of aryl methyl sites for hydroxylation is 1. The fourth-order valence-electron chi connectivity index (χ4n) is 3.31. The second-order valence-corrected chi connectivity index (χ2v) is 7.16. The Kier molecular flexibility index (Phi) is 3.79. The zero-order valence-electron chi connectivity index (χ0n) is 13.1. The van der Waals surface area contributed by atoms with E-state index in [1.54, 1.807) is 17.5 Å². The normalized spacial score (nSPS) is 20.1. The minimum absolute atomic E-state index is 0.192. The van der Waals surface area contributed by atoms with Crippen molar-refractivity contribution in [1.29, 1.82) is 0 Å². The third kappa shape index (κ3) is 2.72. The summed E-state index contributed by atoms with van der Waals surface area (Å²) in [6, 6.07) is 8.24. The van der Waals surface area contributed by atoms with Gasteiger partial charge in [0, 0.05) is 38.4 Å². The van der Waals surface area contributed by atoms with Crippen LogP contribution >= 0.6 is 11.3 Å². The molecular weight excluding hydrogens is 308 g/mol. The van der Waals surface area contributed by atoms with Gasteiger partial charge in [0.25, 0.3) is 0 Å². The number of rotatable bonds is 3. The molecule has 0 radical (unpaired) electrons. The summed E-state index contributed by atoms with van der Waals surface area (Å²) < 4.78 is 3.12. The Bertz CT molecular complexity index is 779. The first-order valence-corrected chi connectivity index (χ1v) is 8.80. The van der Waals surface area contributed by atoms with Gasteiger partial charge in [0.1, 0.15) is 11.9 Å².